The summed E-state index contributed by atoms with van der Waals surface area (Å²) in [5.74, 6) is -0.0237. The van der Waals surface area contributed by atoms with Crippen LogP contribution < -0.4 is 0 Å². The normalized spacial score (nSPS) is 21.4. The van der Waals surface area contributed by atoms with Gasteiger partial charge in [0.05, 0.1) is 16.4 Å². The number of hydrogen-bond acceptors (Lipinski definition) is 4. The second-order valence-corrected chi connectivity index (χ2v) is 10.6. The molecule has 0 N–H and O–H groups in total. The molecule has 1 unspecified atom stereocenters. The van der Waals surface area contributed by atoms with Crippen molar-refractivity contribution >= 4 is 35.8 Å². The van der Waals surface area contributed by atoms with Crippen LogP contribution in [0.2, 0.25) is 0 Å². The van der Waals surface area contributed by atoms with Gasteiger partial charge in [-0.05, 0) is 37.5 Å². The van der Waals surface area contributed by atoms with E-state index < -0.39 is 25.9 Å². The first kappa shape index (κ1) is 17.9. The van der Waals surface area contributed by atoms with Crippen molar-refractivity contribution in [3.63, 3.8) is 0 Å². The van der Waals surface area contributed by atoms with Crippen molar-refractivity contribution in [1.29, 1.82) is 0 Å². The molecular formula is C14H20BrNO4S2. The highest BCUT2D eigenvalue weighted by Gasteiger charge is 2.38. The van der Waals surface area contributed by atoms with E-state index in [0.29, 0.717) is 29.4 Å². The molecular weight excluding hydrogens is 390 g/mol. The molecule has 0 aliphatic carbocycles. The Labute approximate surface area is 140 Å². The summed E-state index contributed by atoms with van der Waals surface area (Å²) in [4.78, 5) is 0.236. The lowest BCUT2D eigenvalue weighted by Gasteiger charge is -2.27. The van der Waals surface area contributed by atoms with Crippen molar-refractivity contribution in [2.75, 3.05) is 18.1 Å². The Kier molecular flexibility index (Phi) is 5.36. The quantitative estimate of drug-likeness (QED) is 0.747. The molecule has 22 heavy (non-hydrogen) atoms. The van der Waals surface area contributed by atoms with Crippen LogP contribution in [0, 0.1) is 6.92 Å². The zero-order valence-electron chi connectivity index (χ0n) is 12.6. The Morgan fingerprint density at radius 1 is 1.36 bits per heavy atom. The van der Waals surface area contributed by atoms with Gasteiger partial charge in [0, 0.05) is 17.1 Å². The lowest BCUT2D eigenvalue weighted by Crippen LogP contribution is -2.41. The van der Waals surface area contributed by atoms with Crippen LogP contribution >= 0.6 is 15.9 Å². The molecule has 5 nitrogen and oxygen atoms in total. The second kappa shape index (κ2) is 6.59. The lowest BCUT2D eigenvalue weighted by atomic mass is 10.2. The van der Waals surface area contributed by atoms with Gasteiger partial charge in [0.25, 0.3) is 0 Å². The van der Waals surface area contributed by atoms with Crippen LogP contribution in [-0.4, -0.2) is 45.2 Å². The monoisotopic (exact) mass is 409 g/mol. The van der Waals surface area contributed by atoms with Gasteiger partial charge in [0.1, 0.15) is 0 Å². The Hall–Kier alpha value is -0.440. The molecule has 124 valence electrons. The van der Waals surface area contributed by atoms with E-state index in [4.69, 9.17) is 0 Å². The fourth-order valence-electron chi connectivity index (χ4n) is 2.70. The van der Waals surface area contributed by atoms with Gasteiger partial charge in [0.15, 0.2) is 9.84 Å². The van der Waals surface area contributed by atoms with E-state index in [1.807, 2.05) is 6.92 Å². The molecule has 0 aromatic heterocycles. The average molecular weight is 410 g/mol. The summed E-state index contributed by atoms with van der Waals surface area (Å²) < 4.78 is 51.5. The van der Waals surface area contributed by atoms with Crippen molar-refractivity contribution in [3.05, 3.63) is 28.2 Å². The summed E-state index contributed by atoms with van der Waals surface area (Å²) in [7, 11) is -6.85. The predicted molar refractivity (Wildman–Crippen MR) is 90.1 cm³/mol. The number of sulfone groups is 1. The maximum absolute atomic E-state index is 13.0. The molecule has 1 aliphatic heterocycles. The highest BCUT2D eigenvalue weighted by molar-refractivity contribution is 9.10. The maximum atomic E-state index is 13.0. The van der Waals surface area contributed by atoms with Crippen molar-refractivity contribution < 1.29 is 16.8 Å². The average Bonchev–Trinajstić information content (AvgIpc) is 2.78. The third kappa shape index (κ3) is 3.72. The van der Waals surface area contributed by atoms with Gasteiger partial charge < -0.3 is 0 Å². The summed E-state index contributed by atoms with van der Waals surface area (Å²) in [5.41, 5.74) is 0.658. The number of rotatable bonds is 5. The second-order valence-electron chi connectivity index (χ2n) is 5.58. The molecule has 1 aromatic rings. The van der Waals surface area contributed by atoms with Crippen LogP contribution in [0.5, 0.6) is 0 Å². The molecule has 0 radical (unpaired) electrons. The van der Waals surface area contributed by atoms with Crippen molar-refractivity contribution in [3.8, 4) is 0 Å². The van der Waals surface area contributed by atoms with Crippen LogP contribution in [-0.2, 0) is 19.9 Å². The van der Waals surface area contributed by atoms with Gasteiger partial charge in [-0.15, -0.1) is 0 Å². The van der Waals surface area contributed by atoms with E-state index in [0.717, 1.165) is 0 Å². The Balaban J connectivity index is 2.45. The number of hydrogen-bond donors (Lipinski definition) is 0. The van der Waals surface area contributed by atoms with Crippen LogP contribution in [0.15, 0.2) is 27.6 Å². The first-order chi connectivity index (χ1) is 10.2. The predicted octanol–water partition coefficient (Wildman–Crippen LogP) is 2.35. The number of halogens is 1. The molecule has 0 amide bonds. The number of nitrogens with zero attached hydrogens (tertiary/aromatic N) is 1. The number of benzene rings is 1. The van der Waals surface area contributed by atoms with E-state index in [1.54, 1.807) is 25.1 Å². The van der Waals surface area contributed by atoms with Crippen molar-refractivity contribution in [2.24, 2.45) is 0 Å². The Morgan fingerprint density at radius 2 is 2.05 bits per heavy atom. The third-order valence-electron chi connectivity index (χ3n) is 3.80. The van der Waals surface area contributed by atoms with Gasteiger partial charge in [-0.25, -0.2) is 16.8 Å². The molecule has 1 fully saturated rings. The third-order valence-corrected chi connectivity index (χ3v) is 8.13. The van der Waals surface area contributed by atoms with Crippen LogP contribution in [0.1, 0.15) is 25.3 Å². The smallest absolute Gasteiger partial charge is 0.229 e. The van der Waals surface area contributed by atoms with Gasteiger partial charge >= 0.3 is 0 Å². The van der Waals surface area contributed by atoms with E-state index in [-0.39, 0.29) is 16.4 Å². The van der Waals surface area contributed by atoms with Crippen molar-refractivity contribution in [2.45, 2.75) is 37.6 Å². The highest BCUT2D eigenvalue weighted by atomic mass is 79.9. The summed E-state index contributed by atoms with van der Waals surface area (Å²) in [6.45, 7) is 3.96. The first-order valence-corrected chi connectivity index (χ1v) is 11.2. The first-order valence-electron chi connectivity index (χ1n) is 7.16. The summed E-state index contributed by atoms with van der Waals surface area (Å²) >= 11 is 3.30. The SMILES string of the molecule is CCCN(C1CCS(=O)(=O)C1)S(=O)(=O)c1cc(Br)ccc1C. The molecule has 1 heterocycles. The highest BCUT2D eigenvalue weighted by Crippen LogP contribution is 2.28. The molecule has 0 saturated carbocycles. The van der Waals surface area contributed by atoms with Gasteiger partial charge in [-0.1, -0.05) is 28.9 Å². The van der Waals surface area contributed by atoms with Crippen molar-refractivity contribution in [1.82, 2.24) is 4.31 Å². The zero-order chi connectivity index (χ0) is 16.5. The topological polar surface area (TPSA) is 71.5 Å². The molecule has 1 aliphatic rings. The summed E-state index contributed by atoms with van der Waals surface area (Å²) in [5, 5.41) is 0. The minimum atomic E-state index is -3.71. The summed E-state index contributed by atoms with van der Waals surface area (Å²) in [6.07, 6.45) is 1.01. The molecule has 0 bridgehead atoms. The lowest BCUT2D eigenvalue weighted by molar-refractivity contribution is 0.340. The number of sulfonamides is 1. The minimum absolute atomic E-state index is 0.0604. The fourth-order valence-corrected chi connectivity index (χ4v) is 7.04. The zero-order valence-corrected chi connectivity index (χ0v) is 15.8. The van der Waals surface area contributed by atoms with E-state index in [1.165, 1.54) is 4.31 Å². The molecule has 1 saturated heterocycles. The fraction of sp³-hybridized carbons (Fsp3) is 0.571. The van der Waals surface area contributed by atoms with Crippen LogP contribution in [0.4, 0.5) is 0 Å². The van der Waals surface area contributed by atoms with Crippen LogP contribution in [0.3, 0.4) is 0 Å². The maximum Gasteiger partial charge on any atom is 0.243 e. The van der Waals surface area contributed by atoms with Crippen LogP contribution in [0.25, 0.3) is 0 Å². The van der Waals surface area contributed by atoms with Gasteiger partial charge in [0.2, 0.25) is 10.0 Å². The molecule has 2 rings (SSSR count). The summed E-state index contributed by atoms with van der Waals surface area (Å²) in [6, 6.07) is 4.65. The van der Waals surface area contributed by atoms with E-state index >= 15 is 0 Å². The molecule has 0 spiro atoms. The van der Waals surface area contributed by atoms with E-state index in [2.05, 4.69) is 15.9 Å². The number of aryl methyl sites for hydroxylation is 1. The molecule has 1 atom stereocenters. The minimum Gasteiger partial charge on any atom is -0.229 e. The van der Waals surface area contributed by atoms with Gasteiger partial charge in [-0.2, -0.15) is 4.31 Å². The largest absolute Gasteiger partial charge is 0.243 e. The van der Waals surface area contributed by atoms with Gasteiger partial charge in [-0.3, -0.25) is 0 Å². The standard InChI is InChI=1S/C14H20BrNO4S2/c1-3-7-16(13-6-8-21(17,18)10-13)22(19,20)14-9-12(15)5-4-11(14)2/h4-5,9,13H,3,6-8,10H2,1-2H3. The Morgan fingerprint density at radius 3 is 2.59 bits per heavy atom. The molecule has 8 heteroatoms. The Bertz CT molecular complexity index is 759. The molecule has 1 aromatic carbocycles. The van der Waals surface area contributed by atoms with E-state index in [9.17, 15) is 16.8 Å².